The number of nitrogens with two attached hydrogens (primary N) is 1. The Kier molecular flexibility index (Phi) is 7.40. The number of nitrogens with zero attached hydrogens (tertiary/aromatic N) is 1. The highest BCUT2D eigenvalue weighted by Crippen LogP contribution is 2.22. The van der Waals surface area contributed by atoms with Crippen LogP contribution in [0.15, 0.2) is 48.5 Å². The number of anilines is 1. The summed E-state index contributed by atoms with van der Waals surface area (Å²) in [5, 5.41) is 0.699. The van der Waals surface area contributed by atoms with Gasteiger partial charge in [-0.25, -0.2) is 0 Å². The Morgan fingerprint density at radius 1 is 1.17 bits per heavy atom. The number of para-hydroxylation sites is 1. The fourth-order valence-corrected chi connectivity index (χ4v) is 2.49. The van der Waals surface area contributed by atoms with E-state index in [1.165, 1.54) is 0 Å². The van der Waals surface area contributed by atoms with Crippen LogP contribution in [0, 0.1) is 0 Å². The highest BCUT2D eigenvalue weighted by molar-refractivity contribution is 6.30. The molecule has 2 aromatic rings. The number of rotatable bonds is 5. The third-order valence-electron chi connectivity index (χ3n) is 3.99. The van der Waals surface area contributed by atoms with E-state index in [1.807, 2.05) is 62.5 Å². The summed E-state index contributed by atoms with van der Waals surface area (Å²) in [4.78, 5) is 14.1. The molecular weight excluding hydrogens is 331 g/mol. The van der Waals surface area contributed by atoms with E-state index in [0.29, 0.717) is 17.9 Å². The molecule has 2 aromatic carbocycles. The van der Waals surface area contributed by atoms with Crippen LogP contribution in [0.2, 0.25) is 5.02 Å². The van der Waals surface area contributed by atoms with Crippen molar-refractivity contribution in [1.82, 2.24) is 4.90 Å². The average molecular weight is 353 g/mol. The minimum absolute atomic E-state index is 0. The van der Waals surface area contributed by atoms with Crippen LogP contribution in [-0.2, 0) is 11.2 Å². The summed E-state index contributed by atoms with van der Waals surface area (Å²) < 4.78 is 0. The molecule has 0 aromatic heterocycles. The maximum absolute atomic E-state index is 12.4. The van der Waals surface area contributed by atoms with Crippen molar-refractivity contribution in [3.63, 3.8) is 0 Å². The van der Waals surface area contributed by atoms with Crippen molar-refractivity contribution in [3.8, 4) is 0 Å². The lowest BCUT2D eigenvalue weighted by atomic mass is 10.0. The molecule has 1 atom stereocenters. The third kappa shape index (κ3) is 5.15. The Labute approximate surface area is 148 Å². The number of hydrogen-bond donors (Lipinski definition) is 1. The lowest BCUT2D eigenvalue weighted by molar-refractivity contribution is -0.131. The number of aryl methyl sites for hydroxylation is 1. The minimum Gasteiger partial charge on any atom is -0.399 e. The zero-order chi connectivity index (χ0) is 16.1. The molecule has 0 saturated carbocycles. The number of carbonyl (C=O) groups excluding carboxylic acids is 1. The molecule has 2 rings (SSSR count). The van der Waals surface area contributed by atoms with E-state index >= 15 is 0 Å². The highest BCUT2D eigenvalue weighted by Gasteiger charge is 2.17. The molecule has 0 spiro atoms. The van der Waals surface area contributed by atoms with Crippen molar-refractivity contribution >= 4 is 35.6 Å². The summed E-state index contributed by atoms with van der Waals surface area (Å²) in [5.41, 5.74) is 8.74. The fraction of sp³-hybridized carbons (Fsp3) is 0.278. The molecule has 1 amide bonds. The van der Waals surface area contributed by atoms with E-state index in [0.717, 1.165) is 16.8 Å². The van der Waals surface area contributed by atoms with Gasteiger partial charge in [-0.2, -0.15) is 0 Å². The number of carbonyl (C=O) groups is 1. The SMILES string of the molecule is CC(c1ccc(Cl)cc1)N(C)C(=O)CCc1ccccc1N.Cl. The monoisotopic (exact) mass is 352 g/mol. The van der Waals surface area contributed by atoms with Gasteiger partial charge in [0.05, 0.1) is 6.04 Å². The molecule has 0 aliphatic rings. The molecule has 3 nitrogen and oxygen atoms in total. The van der Waals surface area contributed by atoms with Crippen LogP contribution in [0.1, 0.15) is 30.5 Å². The molecule has 5 heteroatoms. The zero-order valence-electron chi connectivity index (χ0n) is 13.3. The van der Waals surface area contributed by atoms with Crippen LogP contribution in [-0.4, -0.2) is 17.9 Å². The Morgan fingerprint density at radius 3 is 2.39 bits per heavy atom. The van der Waals surface area contributed by atoms with Gasteiger partial charge in [0, 0.05) is 24.2 Å². The minimum atomic E-state index is 0. The number of halogens is 2. The normalized spacial score (nSPS) is 11.4. The van der Waals surface area contributed by atoms with Crippen molar-refractivity contribution in [1.29, 1.82) is 0 Å². The van der Waals surface area contributed by atoms with Crippen LogP contribution in [0.3, 0.4) is 0 Å². The van der Waals surface area contributed by atoms with Gasteiger partial charge in [0.25, 0.3) is 0 Å². The largest absolute Gasteiger partial charge is 0.399 e. The second-order valence-corrected chi connectivity index (χ2v) is 5.87. The summed E-state index contributed by atoms with van der Waals surface area (Å²) >= 11 is 5.90. The highest BCUT2D eigenvalue weighted by atomic mass is 35.5. The van der Waals surface area contributed by atoms with Crippen LogP contribution < -0.4 is 5.73 Å². The zero-order valence-corrected chi connectivity index (χ0v) is 14.9. The summed E-state index contributed by atoms with van der Waals surface area (Å²) in [7, 11) is 1.83. The predicted molar refractivity (Wildman–Crippen MR) is 99.1 cm³/mol. The van der Waals surface area contributed by atoms with E-state index in [-0.39, 0.29) is 24.4 Å². The first kappa shape index (κ1) is 19.3. The number of nitrogen functional groups attached to an aromatic ring is 1. The molecule has 0 bridgehead atoms. The summed E-state index contributed by atoms with van der Waals surface area (Å²) in [6, 6.07) is 15.3. The summed E-state index contributed by atoms with van der Waals surface area (Å²) in [5.74, 6) is 0.103. The van der Waals surface area contributed by atoms with Gasteiger partial charge in [-0.05, 0) is 42.7 Å². The molecular formula is C18H22Cl2N2O. The molecule has 23 heavy (non-hydrogen) atoms. The molecule has 0 aliphatic heterocycles. The summed E-state index contributed by atoms with van der Waals surface area (Å²) in [6.07, 6.45) is 1.10. The van der Waals surface area contributed by atoms with Crippen LogP contribution in [0.25, 0.3) is 0 Å². The molecule has 0 heterocycles. The van der Waals surface area contributed by atoms with E-state index in [2.05, 4.69) is 0 Å². The van der Waals surface area contributed by atoms with Gasteiger partial charge in [-0.15, -0.1) is 12.4 Å². The van der Waals surface area contributed by atoms with E-state index in [9.17, 15) is 4.79 Å². The van der Waals surface area contributed by atoms with Gasteiger partial charge < -0.3 is 10.6 Å². The molecule has 0 aliphatic carbocycles. The van der Waals surface area contributed by atoms with Crippen molar-refractivity contribution in [3.05, 3.63) is 64.7 Å². The van der Waals surface area contributed by atoms with Gasteiger partial charge in [-0.1, -0.05) is 41.9 Å². The maximum Gasteiger partial charge on any atom is 0.223 e. The molecule has 124 valence electrons. The smallest absolute Gasteiger partial charge is 0.223 e. The molecule has 2 N–H and O–H groups in total. The van der Waals surface area contributed by atoms with Gasteiger partial charge in [-0.3, -0.25) is 4.79 Å². The number of benzene rings is 2. The van der Waals surface area contributed by atoms with E-state index in [1.54, 1.807) is 4.90 Å². The van der Waals surface area contributed by atoms with E-state index < -0.39 is 0 Å². The van der Waals surface area contributed by atoms with Gasteiger partial charge >= 0.3 is 0 Å². The van der Waals surface area contributed by atoms with Gasteiger partial charge in [0.1, 0.15) is 0 Å². The lowest BCUT2D eigenvalue weighted by Crippen LogP contribution is -2.29. The standard InChI is InChI=1S/C18H21ClN2O.ClH/c1-13(14-7-10-16(19)11-8-14)21(2)18(22)12-9-15-5-3-4-6-17(15)20;/h3-8,10-11,13H,9,12,20H2,1-2H3;1H. The second kappa shape index (κ2) is 8.80. The topological polar surface area (TPSA) is 46.3 Å². The predicted octanol–water partition coefficient (Wildman–Crippen LogP) is 4.50. The van der Waals surface area contributed by atoms with Crippen LogP contribution >= 0.6 is 24.0 Å². The Bertz CT molecular complexity index is 644. The first-order chi connectivity index (χ1) is 10.5. The maximum atomic E-state index is 12.4. The van der Waals surface area contributed by atoms with Gasteiger partial charge in [0.15, 0.2) is 0 Å². The quantitative estimate of drug-likeness (QED) is 0.805. The first-order valence-corrected chi connectivity index (χ1v) is 7.71. The molecule has 0 radical (unpaired) electrons. The summed E-state index contributed by atoms with van der Waals surface area (Å²) in [6.45, 7) is 2.01. The molecule has 0 fully saturated rings. The second-order valence-electron chi connectivity index (χ2n) is 5.43. The van der Waals surface area contributed by atoms with Crippen LogP contribution in [0.5, 0.6) is 0 Å². The first-order valence-electron chi connectivity index (χ1n) is 7.33. The van der Waals surface area contributed by atoms with Crippen molar-refractivity contribution in [2.24, 2.45) is 0 Å². The Morgan fingerprint density at radius 2 is 1.78 bits per heavy atom. The molecule has 0 saturated heterocycles. The Balaban J connectivity index is 0.00000264. The van der Waals surface area contributed by atoms with Crippen molar-refractivity contribution < 1.29 is 4.79 Å². The van der Waals surface area contributed by atoms with Crippen molar-refractivity contribution in [2.75, 3.05) is 12.8 Å². The van der Waals surface area contributed by atoms with Crippen molar-refractivity contribution in [2.45, 2.75) is 25.8 Å². The third-order valence-corrected chi connectivity index (χ3v) is 4.24. The van der Waals surface area contributed by atoms with Gasteiger partial charge in [0.2, 0.25) is 5.91 Å². The average Bonchev–Trinajstić information content (AvgIpc) is 2.53. The molecule has 1 unspecified atom stereocenters. The van der Waals surface area contributed by atoms with E-state index in [4.69, 9.17) is 17.3 Å². The number of hydrogen-bond acceptors (Lipinski definition) is 2. The number of amides is 1. The fourth-order valence-electron chi connectivity index (χ4n) is 2.36. The Hall–Kier alpha value is -1.71. The lowest BCUT2D eigenvalue weighted by Gasteiger charge is -2.25. The van der Waals surface area contributed by atoms with Crippen LogP contribution in [0.4, 0.5) is 5.69 Å².